The van der Waals surface area contributed by atoms with Crippen molar-refractivity contribution in [3.05, 3.63) is 46.5 Å². The monoisotopic (exact) mass is 310 g/mol. The minimum absolute atomic E-state index is 0.125. The third-order valence-electron chi connectivity index (χ3n) is 3.01. The van der Waals surface area contributed by atoms with Gasteiger partial charge in [0.1, 0.15) is 0 Å². The Labute approximate surface area is 119 Å². The van der Waals surface area contributed by atoms with Crippen molar-refractivity contribution >= 4 is 15.9 Å². The van der Waals surface area contributed by atoms with E-state index < -0.39 is 0 Å². The first-order chi connectivity index (χ1) is 8.38. The Hall–Kier alpha value is -0.640. The van der Waals surface area contributed by atoms with E-state index in [1.165, 1.54) is 5.56 Å². The summed E-state index contributed by atoms with van der Waals surface area (Å²) in [4.78, 5) is 2.39. The third kappa shape index (κ3) is 4.23. The van der Waals surface area contributed by atoms with Crippen LogP contribution in [0.5, 0.6) is 0 Å². The molecular weight excluding hydrogens is 288 g/mol. The molecule has 0 saturated heterocycles. The Balaban J connectivity index is 2.90. The second-order valence-electron chi connectivity index (χ2n) is 5.47. The Kier molecular flexibility index (Phi) is 5.57. The van der Waals surface area contributed by atoms with Crippen LogP contribution < -0.4 is 5.73 Å². The molecule has 0 heterocycles. The number of hydrogen-bond acceptors (Lipinski definition) is 2. The fourth-order valence-electron chi connectivity index (χ4n) is 1.78. The first-order valence-corrected chi connectivity index (χ1v) is 7.01. The summed E-state index contributed by atoms with van der Waals surface area (Å²) >= 11 is 3.63. The van der Waals surface area contributed by atoms with Crippen molar-refractivity contribution in [3.8, 4) is 0 Å². The van der Waals surface area contributed by atoms with E-state index in [9.17, 15) is 0 Å². The fraction of sp³-hybridized carbons (Fsp3) is 0.467. The van der Waals surface area contributed by atoms with Gasteiger partial charge in [-0.25, -0.2) is 0 Å². The SMILES string of the molecule is C=CCN(Cc1ccc(CN)cc1Br)C(C)(C)C. The molecule has 0 aliphatic carbocycles. The van der Waals surface area contributed by atoms with Gasteiger partial charge in [0.05, 0.1) is 0 Å². The molecule has 0 radical (unpaired) electrons. The van der Waals surface area contributed by atoms with Crippen molar-refractivity contribution in [1.82, 2.24) is 4.90 Å². The van der Waals surface area contributed by atoms with E-state index in [4.69, 9.17) is 5.73 Å². The molecule has 0 spiro atoms. The standard InChI is InChI=1S/C15H23BrN2/c1-5-8-18(15(2,3)4)11-13-7-6-12(10-17)9-14(13)16/h5-7,9H,1,8,10-11,17H2,2-4H3. The van der Waals surface area contributed by atoms with Crippen LogP contribution in [-0.4, -0.2) is 17.0 Å². The summed E-state index contributed by atoms with van der Waals surface area (Å²) < 4.78 is 1.13. The van der Waals surface area contributed by atoms with Crippen molar-refractivity contribution < 1.29 is 0 Å². The topological polar surface area (TPSA) is 29.3 Å². The summed E-state index contributed by atoms with van der Waals surface area (Å²) in [7, 11) is 0. The summed E-state index contributed by atoms with van der Waals surface area (Å²) in [6.45, 7) is 12.9. The molecule has 0 aliphatic heterocycles. The Morgan fingerprint density at radius 3 is 2.50 bits per heavy atom. The van der Waals surface area contributed by atoms with E-state index in [0.717, 1.165) is 23.1 Å². The lowest BCUT2D eigenvalue weighted by Gasteiger charge is -2.35. The quantitative estimate of drug-likeness (QED) is 0.840. The molecule has 2 nitrogen and oxygen atoms in total. The normalized spacial score (nSPS) is 11.9. The molecule has 0 amide bonds. The van der Waals surface area contributed by atoms with Gasteiger partial charge in [0.25, 0.3) is 0 Å². The fourth-order valence-corrected chi connectivity index (χ4v) is 2.33. The lowest BCUT2D eigenvalue weighted by Crippen LogP contribution is -2.40. The number of benzene rings is 1. The van der Waals surface area contributed by atoms with Crippen LogP contribution in [0.25, 0.3) is 0 Å². The van der Waals surface area contributed by atoms with Gasteiger partial charge in [-0.2, -0.15) is 0 Å². The molecule has 0 aliphatic rings. The molecule has 0 unspecified atom stereocenters. The molecule has 100 valence electrons. The zero-order valence-electron chi connectivity index (χ0n) is 11.5. The average Bonchev–Trinajstić information content (AvgIpc) is 2.29. The van der Waals surface area contributed by atoms with Crippen LogP contribution in [0.2, 0.25) is 0 Å². The first kappa shape index (κ1) is 15.4. The van der Waals surface area contributed by atoms with Gasteiger partial charge in [-0.15, -0.1) is 6.58 Å². The van der Waals surface area contributed by atoms with Crippen molar-refractivity contribution in [2.75, 3.05) is 6.54 Å². The minimum atomic E-state index is 0.125. The second-order valence-corrected chi connectivity index (χ2v) is 6.32. The highest BCUT2D eigenvalue weighted by Crippen LogP contribution is 2.23. The van der Waals surface area contributed by atoms with Crippen LogP contribution in [0.15, 0.2) is 35.3 Å². The Morgan fingerprint density at radius 2 is 2.06 bits per heavy atom. The zero-order valence-corrected chi connectivity index (χ0v) is 13.1. The van der Waals surface area contributed by atoms with Gasteiger partial charge in [0, 0.05) is 29.6 Å². The van der Waals surface area contributed by atoms with E-state index in [1.807, 2.05) is 6.08 Å². The van der Waals surface area contributed by atoms with Crippen molar-refractivity contribution in [3.63, 3.8) is 0 Å². The van der Waals surface area contributed by atoms with Gasteiger partial charge in [-0.05, 0) is 38.0 Å². The molecule has 2 N–H and O–H groups in total. The maximum absolute atomic E-state index is 5.64. The molecule has 1 aromatic rings. The van der Waals surface area contributed by atoms with Gasteiger partial charge < -0.3 is 5.73 Å². The van der Waals surface area contributed by atoms with Crippen LogP contribution >= 0.6 is 15.9 Å². The summed E-state index contributed by atoms with van der Waals surface area (Å²) in [5.74, 6) is 0. The first-order valence-electron chi connectivity index (χ1n) is 6.21. The molecule has 0 saturated carbocycles. The van der Waals surface area contributed by atoms with Crippen LogP contribution in [0.3, 0.4) is 0 Å². The predicted molar refractivity (Wildman–Crippen MR) is 82.4 cm³/mol. The van der Waals surface area contributed by atoms with E-state index in [-0.39, 0.29) is 5.54 Å². The van der Waals surface area contributed by atoms with Gasteiger partial charge in [-0.1, -0.05) is 34.1 Å². The maximum Gasteiger partial charge on any atom is 0.0253 e. The summed E-state index contributed by atoms with van der Waals surface area (Å²) in [6.07, 6.45) is 1.95. The average molecular weight is 311 g/mol. The highest BCUT2D eigenvalue weighted by Gasteiger charge is 2.20. The van der Waals surface area contributed by atoms with Crippen molar-refractivity contribution in [2.45, 2.75) is 39.4 Å². The molecule has 0 fully saturated rings. The molecule has 0 aromatic heterocycles. The highest BCUT2D eigenvalue weighted by molar-refractivity contribution is 9.10. The van der Waals surface area contributed by atoms with Crippen LogP contribution in [0.4, 0.5) is 0 Å². The van der Waals surface area contributed by atoms with Crippen LogP contribution in [-0.2, 0) is 13.1 Å². The third-order valence-corrected chi connectivity index (χ3v) is 3.75. The molecular formula is C15H23BrN2. The highest BCUT2D eigenvalue weighted by atomic mass is 79.9. The van der Waals surface area contributed by atoms with Gasteiger partial charge >= 0.3 is 0 Å². The Morgan fingerprint density at radius 1 is 1.39 bits per heavy atom. The zero-order chi connectivity index (χ0) is 13.8. The van der Waals surface area contributed by atoms with Gasteiger partial charge in [0.15, 0.2) is 0 Å². The molecule has 1 aromatic carbocycles. The summed E-state index contributed by atoms with van der Waals surface area (Å²) in [5.41, 5.74) is 8.20. The van der Waals surface area contributed by atoms with Gasteiger partial charge in [-0.3, -0.25) is 4.90 Å². The van der Waals surface area contributed by atoms with E-state index >= 15 is 0 Å². The van der Waals surface area contributed by atoms with Crippen LogP contribution in [0.1, 0.15) is 31.9 Å². The summed E-state index contributed by atoms with van der Waals surface area (Å²) in [5, 5.41) is 0. The molecule has 18 heavy (non-hydrogen) atoms. The van der Waals surface area contributed by atoms with E-state index in [1.54, 1.807) is 0 Å². The largest absolute Gasteiger partial charge is 0.326 e. The maximum atomic E-state index is 5.64. The lowest BCUT2D eigenvalue weighted by atomic mass is 10.0. The molecule has 1 rings (SSSR count). The van der Waals surface area contributed by atoms with Crippen molar-refractivity contribution in [2.24, 2.45) is 5.73 Å². The van der Waals surface area contributed by atoms with E-state index in [0.29, 0.717) is 6.54 Å². The van der Waals surface area contributed by atoms with Crippen LogP contribution in [0, 0.1) is 0 Å². The molecule has 3 heteroatoms. The molecule has 0 bridgehead atoms. The molecule has 0 atom stereocenters. The van der Waals surface area contributed by atoms with Gasteiger partial charge in [0.2, 0.25) is 0 Å². The number of hydrogen-bond donors (Lipinski definition) is 1. The minimum Gasteiger partial charge on any atom is -0.326 e. The number of nitrogens with zero attached hydrogens (tertiary/aromatic N) is 1. The number of rotatable bonds is 5. The smallest absolute Gasteiger partial charge is 0.0253 e. The summed E-state index contributed by atoms with van der Waals surface area (Å²) in [6, 6.07) is 6.34. The second kappa shape index (κ2) is 6.50. The van der Waals surface area contributed by atoms with E-state index in [2.05, 4.69) is 66.4 Å². The Bertz CT molecular complexity index is 407. The lowest BCUT2D eigenvalue weighted by molar-refractivity contribution is 0.145. The predicted octanol–water partition coefficient (Wildman–Crippen LogP) is 3.69. The number of nitrogens with two attached hydrogens (primary N) is 1. The van der Waals surface area contributed by atoms with Crippen molar-refractivity contribution in [1.29, 1.82) is 0 Å². The number of halogens is 1.